The van der Waals surface area contributed by atoms with Crippen LogP contribution in [0.1, 0.15) is 77.8 Å². The molecular weight excluding hydrogens is 308 g/mol. The molecule has 0 bridgehead atoms. The summed E-state index contributed by atoms with van der Waals surface area (Å²) in [5.74, 6) is 1.96. The standard InChI is InChI=1S/C19H22O2.2C2H6/c1-19-10-9-15-14-6-4-13(21-2)11-12(14)3-5-16(15)17(19)7-8-18(19)20;2*1-2/h4,6,11,17H,3,5,7-10H2,1-2H3;2*1-2H3. The van der Waals surface area contributed by atoms with Crippen molar-refractivity contribution in [2.24, 2.45) is 11.3 Å². The zero-order valence-electron chi connectivity index (χ0n) is 16.9. The second-order valence-electron chi connectivity index (χ2n) is 6.96. The number of Topliss-reactive ketones (excluding diaryl/α,β-unsaturated/α-hetero) is 1. The lowest BCUT2D eigenvalue weighted by Crippen LogP contribution is -2.34. The Balaban J connectivity index is 0.000000528. The Hall–Kier alpha value is -1.57. The van der Waals surface area contributed by atoms with Crippen LogP contribution in [0.25, 0.3) is 5.57 Å². The minimum Gasteiger partial charge on any atom is -0.497 e. The van der Waals surface area contributed by atoms with Crippen LogP contribution in [0.5, 0.6) is 5.75 Å². The first kappa shape index (κ1) is 19.8. The minimum absolute atomic E-state index is 0.0667. The lowest BCUT2D eigenvalue weighted by Gasteiger charge is -2.40. The molecule has 2 atom stereocenters. The van der Waals surface area contributed by atoms with Crippen molar-refractivity contribution in [2.45, 2.75) is 73.1 Å². The minimum atomic E-state index is -0.0667. The van der Waals surface area contributed by atoms with E-state index in [4.69, 9.17) is 4.74 Å². The van der Waals surface area contributed by atoms with Gasteiger partial charge in [0.15, 0.2) is 0 Å². The third-order valence-electron chi connectivity index (χ3n) is 6.07. The summed E-state index contributed by atoms with van der Waals surface area (Å²) in [5, 5.41) is 0. The van der Waals surface area contributed by atoms with Gasteiger partial charge < -0.3 is 4.74 Å². The molecule has 0 heterocycles. The maximum Gasteiger partial charge on any atom is 0.139 e. The maximum atomic E-state index is 12.3. The Morgan fingerprint density at radius 2 is 1.76 bits per heavy atom. The summed E-state index contributed by atoms with van der Waals surface area (Å²) in [7, 11) is 1.73. The van der Waals surface area contributed by atoms with E-state index in [0.717, 1.165) is 44.3 Å². The molecule has 1 saturated carbocycles. The van der Waals surface area contributed by atoms with Gasteiger partial charge in [-0.1, -0.05) is 46.3 Å². The summed E-state index contributed by atoms with van der Waals surface area (Å²) in [6.45, 7) is 10.2. The summed E-state index contributed by atoms with van der Waals surface area (Å²) < 4.78 is 5.36. The highest BCUT2D eigenvalue weighted by Crippen LogP contribution is 2.56. The zero-order chi connectivity index (χ0) is 18.6. The van der Waals surface area contributed by atoms with Crippen LogP contribution < -0.4 is 4.74 Å². The lowest BCUT2D eigenvalue weighted by atomic mass is 9.63. The molecule has 0 radical (unpaired) electrons. The molecule has 0 spiro atoms. The fourth-order valence-corrected chi connectivity index (χ4v) is 4.80. The first-order chi connectivity index (χ1) is 12.1. The number of hydrogen-bond acceptors (Lipinski definition) is 2. The van der Waals surface area contributed by atoms with E-state index in [-0.39, 0.29) is 5.41 Å². The number of hydrogen-bond donors (Lipinski definition) is 0. The SMILES string of the molecule is CC.CC.COc1ccc2c(c1)CCC1=C2CCC2(C)C(=O)CCC12. The molecular formula is C23H34O2. The average Bonchev–Trinajstić information content (AvgIpc) is 2.99. The second kappa shape index (κ2) is 8.21. The van der Waals surface area contributed by atoms with Crippen molar-refractivity contribution in [3.8, 4) is 5.75 Å². The van der Waals surface area contributed by atoms with Crippen molar-refractivity contribution in [2.75, 3.05) is 7.11 Å². The smallest absolute Gasteiger partial charge is 0.139 e. The van der Waals surface area contributed by atoms with Crippen LogP contribution in [-0.4, -0.2) is 12.9 Å². The molecule has 1 fully saturated rings. The number of carbonyl (C=O) groups excluding carboxylic acids is 1. The van der Waals surface area contributed by atoms with Crippen molar-refractivity contribution in [3.05, 3.63) is 34.9 Å². The average molecular weight is 343 g/mol. The molecule has 3 aliphatic carbocycles. The van der Waals surface area contributed by atoms with Crippen LogP contribution in [-0.2, 0) is 11.2 Å². The molecule has 4 rings (SSSR count). The van der Waals surface area contributed by atoms with E-state index < -0.39 is 0 Å². The van der Waals surface area contributed by atoms with Crippen LogP contribution in [0.2, 0.25) is 0 Å². The molecule has 0 saturated heterocycles. The van der Waals surface area contributed by atoms with Gasteiger partial charge in [0, 0.05) is 11.8 Å². The molecule has 1 aromatic rings. The maximum absolute atomic E-state index is 12.3. The predicted molar refractivity (Wildman–Crippen MR) is 106 cm³/mol. The molecule has 0 aliphatic heterocycles. The van der Waals surface area contributed by atoms with Gasteiger partial charge in [0.2, 0.25) is 0 Å². The fraction of sp³-hybridized carbons (Fsp3) is 0.609. The van der Waals surface area contributed by atoms with Gasteiger partial charge in [-0.3, -0.25) is 4.79 Å². The van der Waals surface area contributed by atoms with Crippen LogP contribution >= 0.6 is 0 Å². The van der Waals surface area contributed by atoms with Gasteiger partial charge in [0.25, 0.3) is 0 Å². The molecule has 2 heteroatoms. The first-order valence-corrected chi connectivity index (χ1v) is 10.1. The highest BCUT2D eigenvalue weighted by atomic mass is 16.5. The number of benzene rings is 1. The molecule has 2 nitrogen and oxygen atoms in total. The Bertz CT molecular complexity index is 656. The Morgan fingerprint density at radius 1 is 1.04 bits per heavy atom. The highest BCUT2D eigenvalue weighted by Gasteiger charge is 2.50. The normalized spacial score (nSPS) is 26.3. The monoisotopic (exact) mass is 342 g/mol. The quantitative estimate of drug-likeness (QED) is 0.605. The number of allylic oxidation sites excluding steroid dienone is 2. The second-order valence-corrected chi connectivity index (χ2v) is 6.96. The number of methoxy groups -OCH3 is 1. The summed E-state index contributed by atoms with van der Waals surface area (Å²) in [4.78, 5) is 12.3. The third kappa shape index (κ3) is 3.28. The first-order valence-electron chi connectivity index (χ1n) is 10.1. The highest BCUT2D eigenvalue weighted by molar-refractivity contribution is 5.90. The molecule has 0 N–H and O–H groups in total. The molecule has 2 unspecified atom stereocenters. The van der Waals surface area contributed by atoms with Gasteiger partial charge in [-0.2, -0.15) is 0 Å². The van der Waals surface area contributed by atoms with E-state index in [9.17, 15) is 4.79 Å². The number of aryl methyl sites for hydroxylation is 1. The molecule has 0 aromatic heterocycles. The third-order valence-corrected chi connectivity index (χ3v) is 6.07. The van der Waals surface area contributed by atoms with Crippen LogP contribution in [0.15, 0.2) is 23.8 Å². The van der Waals surface area contributed by atoms with E-state index >= 15 is 0 Å². The van der Waals surface area contributed by atoms with Crippen LogP contribution in [0.4, 0.5) is 0 Å². The van der Waals surface area contributed by atoms with E-state index in [1.165, 1.54) is 16.7 Å². The van der Waals surface area contributed by atoms with Gasteiger partial charge in [0.05, 0.1) is 7.11 Å². The zero-order valence-corrected chi connectivity index (χ0v) is 16.9. The Labute approximate surface area is 153 Å². The molecule has 138 valence electrons. The van der Waals surface area contributed by atoms with Gasteiger partial charge in [-0.15, -0.1) is 0 Å². The van der Waals surface area contributed by atoms with Crippen LogP contribution in [0.3, 0.4) is 0 Å². The van der Waals surface area contributed by atoms with E-state index in [1.54, 1.807) is 12.7 Å². The predicted octanol–water partition coefficient (Wildman–Crippen LogP) is 6.23. The summed E-state index contributed by atoms with van der Waals surface area (Å²) >= 11 is 0. The van der Waals surface area contributed by atoms with Gasteiger partial charge in [-0.05, 0) is 66.9 Å². The number of rotatable bonds is 1. The lowest BCUT2D eigenvalue weighted by molar-refractivity contribution is -0.126. The van der Waals surface area contributed by atoms with Gasteiger partial charge in [-0.25, -0.2) is 0 Å². The Kier molecular flexibility index (Phi) is 6.48. The number of fused-ring (bicyclic) bond motifs is 4. The molecule has 3 aliphatic rings. The largest absolute Gasteiger partial charge is 0.497 e. The molecule has 0 amide bonds. The molecule has 1 aromatic carbocycles. The summed E-state index contributed by atoms with van der Waals surface area (Å²) in [6, 6.07) is 6.48. The topological polar surface area (TPSA) is 26.3 Å². The van der Waals surface area contributed by atoms with Crippen molar-refractivity contribution in [1.82, 2.24) is 0 Å². The van der Waals surface area contributed by atoms with Gasteiger partial charge >= 0.3 is 0 Å². The van der Waals surface area contributed by atoms with Crippen molar-refractivity contribution >= 4 is 11.4 Å². The van der Waals surface area contributed by atoms with E-state index in [2.05, 4.69) is 25.1 Å². The van der Waals surface area contributed by atoms with Crippen molar-refractivity contribution in [3.63, 3.8) is 0 Å². The fourth-order valence-electron chi connectivity index (χ4n) is 4.80. The summed E-state index contributed by atoms with van der Waals surface area (Å²) in [5.41, 5.74) is 5.89. The number of carbonyl (C=O) groups is 1. The number of ketones is 1. The van der Waals surface area contributed by atoms with E-state index in [0.29, 0.717) is 11.7 Å². The van der Waals surface area contributed by atoms with Crippen molar-refractivity contribution < 1.29 is 9.53 Å². The number of ether oxygens (including phenoxy) is 1. The van der Waals surface area contributed by atoms with Crippen LogP contribution in [0, 0.1) is 11.3 Å². The van der Waals surface area contributed by atoms with Gasteiger partial charge in [0.1, 0.15) is 11.5 Å². The van der Waals surface area contributed by atoms with Crippen molar-refractivity contribution in [1.29, 1.82) is 0 Å². The Morgan fingerprint density at radius 3 is 2.44 bits per heavy atom. The summed E-state index contributed by atoms with van der Waals surface area (Å²) in [6.07, 6.45) is 6.16. The van der Waals surface area contributed by atoms with E-state index in [1.807, 2.05) is 27.7 Å². The molecule has 25 heavy (non-hydrogen) atoms.